The maximum absolute atomic E-state index is 11.9. The molecule has 0 unspecified atom stereocenters. The fourth-order valence-corrected chi connectivity index (χ4v) is 1.58. The molecule has 0 heterocycles. The van der Waals surface area contributed by atoms with Gasteiger partial charge in [0.2, 0.25) is 0 Å². The first-order valence-corrected chi connectivity index (χ1v) is 4.85. The van der Waals surface area contributed by atoms with Crippen LogP contribution in [0.1, 0.15) is 6.92 Å². The second-order valence-electron chi connectivity index (χ2n) is 2.27. The molecular weight excluding hydrogens is 227 g/mol. The van der Waals surface area contributed by atoms with Gasteiger partial charge in [0.1, 0.15) is 6.54 Å². The van der Waals surface area contributed by atoms with Crippen LogP contribution in [0.4, 0.5) is 13.2 Å². The standard InChI is InChI=1S/C5H8F3NO4S/c1-2-9(3-4(10)11)14(12,13)5(6,7)8/h2-3H2,1H3,(H,10,11). The first-order valence-electron chi connectivity index (χ1n) is 3.41. The number of alkyl halides is 3. The highest BCUT2D eigenvalue weighted by Crippen LogP contribution is 2.26. The quantitative estimate of drug-likeness (QED) is 0.757. The van der Waals surface area contributed by atoms with Crippen molar-refractivity contribution in [1.29, 1.82) is 0 Å². The van der Waals surface area contributed by atoms with Crippen LogP contribution in [0.5, 0.6) is 0 Å². The van der Waals surface area contributed by atoms with Crippen LogP contribution in [0.2, 0.25) is 0 Å². The van der Waals surface area contributed by atoms with Gasteiger partial charge in [0.15, 0.2) is 0 Å². The Bertz CT molecular complexity index is 309. The highest BCUT2D eigenvalue weighted by atomic mass is 32.2. The van der Waals surface area contributed by atoms with Crippen LogP contribution in [-0.4, -0.2) is 42.4 Å². The van der Waals surface area contributed by atoms with E-state index >= 15 is 0 Å². The fraction of sp³-hybridized carbons (Fsp3) is 0.800. The number of rotatable bonds is 4. The van der Waals surface area contributed by atoms with Crippen LogP contribution in [0, 0.1) is 0 Å². The molecule has 0 atom stereocenters. The van der Waals surface area contributed by atoms with E-state index in [0.29, 0.717) is 0 Å². The molecule has 0 saturated heterocycles. The molecule has 0 aliphatic heterocycles. The molecule has 0 amide bonds. The average Bonchev–Trinajstić information content (AvgIpc) is 1.97. The Morgan fingerprint density at radius 1 is 1.43 bits per heavy atom. The third kappa shape index (κ3) is 2.84. The Morgan fingerprint density at radius 3 is 2.07 bits per heavy atom. The molecule has 1 N–H and O–H groups in total. The van der Waals surface area contributed by atoms with Crippen LogP contribution in [0.3, 0.4) is 0 Å². The van der Waals surface area contributed by atoms with Gasteiger partial charge in [-0.05, 0) is 0 Å². The Balaban J connectivity index is 4.95. The lowest BCUT2D eigenvalue weighted by Gasteiger charge is -2.19. The lowest BCUT2D eigenvalue weighted by Crippen LogP contribution is -2.43. The molecule has 5 nitrogen and oxygen atoms in total. The van der Waals surface area contributed by atoms with Crippen LogP contribution in [0.25, 0.3) is 0 Å². The molecule has 0 rings (SSSR count). The van der Waals surface area contributed by atoms with Crippen molar-refractivity contribution in [1.82, 2.24) is 4.31 Å². The molecular formula is C5H8F3NO4S. The fourth-order valence-electron chi connectivity index (χ4n) is 0.664. The Morgan fingerprint density at radius 2 is 1.86 bits per heavy atom. The Hall–Kier alpha value is -0.830. The molecule has 0 saturated carbocycles. The SMILES string of the molecule is CCN(CC(=O)O)S(=O)(=O)C(F)(F)F. The van der Waals surface area contributed by atoms with Crippen molar-refractivity contribution in [3.8, 4) is 0 Å². The van der Waals surface area contributed by atoms with E-state index in [2.05, 4.69) is 0 Å². The van der Waals surface area contributed by atoms with Crippen molar-refractivity contribution in [2.24, 2.45) is 0 Å². The molecule has 0 aromatic rings. The number of likely N-dealkylation sites (N-methyl/N-ethyl adjacent to an activating group) is 1. The monoisotopic (exact) mass is 235 g/mol. The van der Waals surface area contributed by atoms with E-state index in [0.717, 1.165) is 6.92 Å². The Labute approximate surface area is 78.2 Å². The zero-order chi connectivity index (χ0) is 11.6. The van der Waals surface area contributed by atoms with Gasteiger partial charge in [0.25, 0.3) is 0 Å². The van der Waals surface area contributed by atoms with Gasteiger partial charge in [0, 0.05) is 6.54 Å². The normalized spacial score (nSPS) is 13.2. The van der Waals surface area contributed by atoms with E-state index < -0.39 is 34.6 Å². The summed E-state index contributed by atoms with van der Waals surface area (Å²) in [5, 5.41) is 8.17. The van der Waals surface area contributed by atoms with E-state index in [-0.39, 0.29) is 4.31 Å². The Kier molecular flexibility index (Phi) is 3.89. The predicted molar refractivity (Wildman–Crippen MR) is 39.9 cm³/mol. The number of hydrogen-bond acceptors (Lipinski definition) is 3. The summed E-state index contributed by atoms with van der Waals surface area (Å²) in [7, 11) is -5.53. The zero-order valence-electron chi connectivity index (χ0n) is 7.08. The number of carboxylic acid groups (broad SMARTS) is 1. The molecule has 0 aromatic carbocycles. The van der Waals surface area contributed by atoms with Gasteiger partial charge in [-0.1, -0.05) is 6.92 Å². The molecule has 0 aliphatic carbocycles. The van der Waals surface area contributed by atoms with Crippen LogP contribution in [0.15, 0.2) is 0 Å². The van der Waals surface area contributed by atoms with Crippen molar-refractivity contribution in [2.75, 3.05) is 13.1 Å². The highest BCUT2D eigenvalue weighted by molar-refractivity contribution is 7.90. The molecule has 0 fully saturated rings. The van der Waals surface area contributed by atoms with Crippen molar-refractivity contribution < 1.29 is 31.5 Å². The van der Waals surface area contributed by atoms with Gasteiger partial charge in [-0.2, -0.15) is 17.5 Å². The van der Waals surface area contributed by atoms with Crippen molar-refractivity contribution in [3.63, 3.8) is 0 Å². The summed E-state index contributed by atoms with van der Waals surface area (Å²) in [5.74, 6) is -1.64. The predicted octanol–water partition coefficient (Wildman–Crippen LogP) is 0.242. The van der Waals surface area contributed by atoms with E-state index in [1.54, 1.807) is 0 Å². The van der Waals surface area contributed by atoms with Gasteiger partial charge < -0.3 is 5.11 Å². The summed E-state index contributed by atoms with van der Waals surface area (Å²) < 4.78 is 56.9. The van der Waals surface area contributed by atoms with Gasteiger partial charge >= 0.3 is 21.5 Å². The second kappa shape index (κ2) is 4.13. The lowest BCUT2D eigenvalue weighted by atomic mass is 10.6. The third-order valence-corrected chi connectivity index (χ3v) is 2.95. The molecule has 0 spiro atoms. The van der Waals surface area contributed by atoms with E-state index in [1.165, 1.54) is 0 Å². The zero-order valence-corrected chi connectivity index (χ0v) is 7.89. The van der Waals surface area contributed by atoms with Gasteiger partial charge in [-0.3, -0.25) is 4.79 Å². The maximum Gasteiger partial charge on any atom is 0.511 e. The number of sulfonamides is 1. The first-order chi connectivity index (χ1) is 6.13. The van der Waals surface area contributed by atoms with Crippen LogP contribution in [-0.2, 0) is 14.8 Å². The number of nitrogens with zero attached hydrogens (tertiary/aromatic N) is 1. The van der Waals surface area contributed by atoms with Crippen molar-refractivity contribution in [2.45, 2.75) is 12.4 Å². The highest BCUT2D eigenvalue weighted by Gasteiger charge is 2.49. The lowest BCUT2D eigenvalue weighted by molar-refractivity contribution is -0.137. The van der Waals surface area contributed by atoms with Gasteiger partial charge in [0.05, 0.1) is 0 Å². The minimum absolute atomic E-state index is 0.157. The molecule has 0 aromatic heterocycles. The summed E-state index contributed by atoms with van der Waals surface area (Å²) in [6.07, 6.45) is 0. The van der Waals surface area contributed by atoms with Gasteiger partial charge in [-0.15, -0.1) is 0 Å². The average molecular weight is 235 g/mol. The largest absolute Gasteiger partial charge is 0.511 e. The summed E-state index contributed by atoms with van der Waals surface area (Å²) in [5.41, 5.74) is -5.46. The van der Waals surface area contributed by atoms with Crippen LogP contribution >= 0.6 is 0 Å². The van der Waals surface area contributed by atoms with E-state index in [9.17, 15) is 26.4 Å². The molecule has 0 bridgehead atoms. The first kappa shape index (κ1) is 13.2. The van der Waals surface area contributed by atoms with Crippen LogP contribution < -0.4 is 0 Å². The summed E-state index contributed by atoms with van der Waals surface area (Å²) in [6, 6.07) is 0. The summed E-state index contributed by atoms with van der Waals surface area (Å²) in [4.78, 5) is 10.1. The smallest absolute Gasteiger partial charge is 0.480 e. The molecule has 0 radical (unpaired) electrons. The van der Waals surface area contributed by atoms with Crippen molar-refractivity contribution >= 4 is 16.0 Å². The molecule has 84 valence electrons. The van der Waals surface area contributed by atoms with E-state index in [1.807, 2.05) is 0 Å². The molecule has 9 heteroatoms. The molecule has 0 aliphatic rings. The number of hydrogen-bond donors (Lipinski definition) is 1. The van der Waals surface area contributed by atoms with E-state index in [4.69, 9.17) is 5.11 Å². The minimum Gasteiger partial charge on any atom is -0.480 e. The number of aliphatic carboxylic acids is 1. The molecule has 14 heavy (non-hydrogen) atoms. The topological polar surface area (TPSA) is 74.7 Å². The number of halogens is 3. The third-order valence-electron chi connectivity index (χ3n) is 1.30. The number of carboxylic acids is 1. The van der Waals surface area contributed by atoms with Crippen molar-refractivity contribution in [3.05, 3.63) is 0 Å². The number of carbonyl (C=O) groups is 1. The summed E-state index contributed by atoms with van der Waals surface area (Å²) in [6.45, 7) is -0.626. The van der Waals surface area contributed by atoms with Gasteiger partial charge in [-0.25, -0.2) is 8.42 Å². The summed E-state index contributed by atoms with van der Waals surface area (Å²) >= 11 is 0. The second-order valence-corrected chi connectivity index (χ2v) is 4.20. The maximum atomic E-state index is 11.9. The minimum atomic E-state index is -5.53.